The third-order valence-electron chi connectivity index (χ3n) is 4.03. The zero-order chi connectivity index (χ0) is 18.5. The number of hydrogen-bond donors (Lipinski definition) is 1. The van der Waals surface area contributed by atoms with Gasteiger partial charge in [0.25, 0.3) is 5.69 Å². The molecule has 0 bridgehead atoms. The fourth-order valence-corrected chi connectivity index (χ4v) is 3.19. The quantitative estimate of drug-likeness (QED) is 0.337. The van der Waals surface area contributed by atoms with Crippen molar-refractivity contribution in [2.24, 2.45) is 0 Å². The van der Waals surface area contributed by atoms with Crippen molar-refractivity contribution in [1.29, 1.82) is 0 Å². The standard InChI is InChI=1S/C21H16BrNO3/c22-20-9-5-4-8-18(20)21(24)19(16-6-2-1-3-7-16)14-15-10-12-17(13-11-15)23(25)26/h1-14,21,24H/b19-14+. The van der Waals surface area contributed by atoms with Crippen LogP contribution in [0, 0.1) is 10.1 Å². The zero-order valence-corrected chi connectivity index (χ0v) is 15.3. The van der Waals surface area contributed by atoms with E-state index in [9.17, 15) is 15.2 Å². The molecule has 3 aromatic carbocycles. The monoisotopic (exact) mass is 409 g/mol. The minimum Gasteiger partial charge on any atom is -0.384 e. The van der Waals surface area contributed by atoms with Gasteiger partial charge in [0.1, 0.15) is 6.10 Å². The van der Waals surface area contributed by atoms with E-state index in [0.29, 0.717) is 5.57 Å². The number of halogens is 1. The maximum atomic E-state index is 11.0. The van der Waals surface area contributed by atoms with Gasteiger partial charge in [0.15, 0.2) is 0 Å². The number of nitro groups is 1. The summed E-state index contributed by atoms with van der Waals surface area (Å²) in [6.45, 7) is 0. The zero-order valence-electron chi connectivity index (χ0n) is 13.7. The first-order valence-electron chi connectivity index (χ1n) is 8.00. The van der Waals surface area contributed by atoms with Crippen molar-refractivity contribution in [3.63, 3.8) is 0 Å². The summed E-state index contributed by atoms with van der Waals surface area (Å²) >= 11 is 3.49. The average Bonchev–Trinajstić information content (AvgIpc) is 2.67. The summed E-state index contributed by atoms with van der Waals surface area (Å²) in [5.74, 6) is 0. The molecule has 3 rings (SSSR count). The van der Waals surface area contributed by atoms with Crippen LogP contribution in [0.3, 0.4) is 0 Å². The highest BCUT2D eigenvalue weighted by molar-refractivity contribution is 9.10. The second-order valence-electron chi connectivity index (χ2n) is 5.74. The van der Waals surface area contributed by atoms with E-state index in [1.807, 2.05) is 60.7 Å². The van der Waals surface area contributed by atoms with Gasteiger partial charge in [-0.05, 0) is 46.5 Å². The van der Waals surface area contributed by atoms with Gasteiger partial charge < -0.3 is 5.11 Å². The molecule has 26 heavy (non-hydrogen) atoms. The van der Waals surface area contributed by atoms with Crippen LogP contribution in [-0.2, 0) is 0 Å². The van der Waals surface area contributed by atoms with Crippen LogP contribution in [0.15, 0.2) is 83.3 Å². The molecule has 5 heteroatoms. The topological polar surface area (TPSA) is 63.4 Å². The Hall–Kier alpha value is -2.76. The highest BCUT2D eigenvalue weighted by Gasteiger charge is 2.18. The molecule has 1 atom stereocenters. The Kier molecular flexibility index (Phi) is 5.61. The van der Waals surface area contributed by atoms with Gasteiger partial charge >= 0.3 is 0 Å². The molecule has 0 aliphatic rings. The molecule has 4 nitrogen and oxygen atoms in total. The first-order chi connectivity index (χ1) is 12.6. The van der Waals surface area contributed by atoms with Crippen LogP contribution in [0.25, 0.3) is 11.6 Å². The molecule has 3 aromatic rings. The number of benzene rings is 3. The Bertz CT molecular complexity index is 937. The van der Waals surface area contributed by atoms with Crippen LogP contribution in [0.2, 0.25) is 0 Å². The Balaban J connectivity index is 2.06. The van der Waals surface area contributed by atoms with Gasteiger partial charge in [0, 0.05) is 16.6 Å². The lowest BCUT2D eigenvalue weighted by Gasteiger charge is -2.18. The minimum absolute atomic E-state index is 0.0368. The average molecular weight is 410 g/mol. The molecule has 0 amide bonds. The van der Waals surface area contributed by atoms with Crippen molar-refractivity contribution >= 4 is 33.3 Å². The second kappa shape index (κ2) is 8.08. The molecule has 0 saturated carbocycles. The largest absolute Gasteiger partial charge is 0.384 e. The van der Waals surface area contributed by atoms with Gasteiger partial charge in [0.05, 0.1) is 4.92 Å². The lowest BCUT2D eigenvalue weighted by atomic mass is 9.93. The number of nitro benzene ring substituents is 1. The van der Waals surface area contributed by atoms with E-state index in [2.05, 4.69) is 15.9 Å². The number of aliphatic hydroxyl groups excluding tert-OH is 1. The predicted molar refractivity (Wildman–Crippen MR) is 107 cm³/mol. The molecule has 0 aliphatic carbocycles. The predicted octanol–water partition coefficient (Wildman–Crippen LogP) is 5.63. The van der Waals surface area contributed by atoms with Gasteiger partial charge in [-0.15, -0.1) is 0 Å². The first-order valence-corrected chi connectivity index (χ1v) is 8.79. The second-order valence-corrected chi connectivity index (χ2v) is 6.59. The van der Waals surface area contributed by atoms with Gasteiger partial charge in [0.2, 0.25) is 0 Å². The lowest BCUT2D eigenvalue weighted by molar-refractivity contribution is -0.384. The van der Waals surface area contributed by atoms with E-state index < -0.39 is 11.0 Å². The Morgan fingerprint density at radius 2 is 1.58 bits per heavy atom. The number of aliphatic hydroxyl groups is 1. The SMILES string of the molecule is O=[N+]([O-])c1ccc(/C=C(\c2ccccc2)C(O)c2ccccc2Br)cc1. The highest BCUT2D eigenvalue weighted by Crippen LogP contribution is 2.35. The molecule has 1 unspecified atom stereocenters. The molecule has 0 saturated heterocycles. The van der Waals surface area contributed by atoms with Gasteiger partial charge in [-0.3, -0.25) is 10.1 Å². The van der Waals surface area contributed by atoms with E-state index in [1.54, 1.807) is 12.1 Å². The molecule has 0 aromatic heterocycles. The van der Waals surface area contributed by atoms with Crippen LogP contribution < -0.4 is 0 Å². The normalized spacial score (nSPS) is 12.6. The Labute approximate surface area is 159 Å². The van der Waals surface area contributed by atoms with E-state index in [-0.39, 0.29) is 5.69 Å². The lowest BCUT2D eigenvalue weighted by Crippen LogP contribution is -2.02. The molecule has 0 aliphatic heterocycles. The Morgan fingerprint density at radius 3 is 2.19 bits per heavy atom. The van der Waals surface area contributed by atoms with E-state index in [4.69, 9.17) is 0 Å². The number of non-ortho nitro benzene ring substituents is 1. The molecular formula is C21H16BrNO3. The summed E-state index contributed by atoms with van der Waals surface area (Å²) in [6, 6.07) is 23.4. The van der Waals surface area contributed by atoms with Gasteiger partial charge in [-0.2, -0.15) is 0 Å². The summed E-state index contributed by atoms with van der Waals surface area (Å²) in [7, 11) is 0. The van der Waals surface area contributed by atoms with E-state index in [1.165, 1.54) is 12.1 Å². The fourth-order valence-electron chi connectivity index (χ4n) is 2.69. The van der Waals surface area contributed by atoms with Crippen LogP contribution in [0.5, 0.6) is 0 Å². The number of nitrogens with zero attached hydrogens (tertiary/aromatic N) is 1. The molecule has 1 N–H and O–H groups in total. The first kappa shape index (κ1) is 18.0. The summed E-state index contributed by atoms with van der Waals surface area (Å²) in [5, 5.41) is 21.8. The van der Waals surface area contributed by atoms with Crippen LogP contribution in [-0.4, -0.2) is 10.0 Å². The summed E-state index contributed by atoms with van der Waals surface area (Å²) in [4.78, 5) is 10.4. The van der Waals surface area contributed by atoms with Crippen molar-refractivity contribution in [2.75, 3.05) is 0 Å². The fraction of sp³-hybridized carbons (Fsp3) is 0.0476. The van der Waals surface area contributed by atoms with Crippen LogP contribution >= 0.6 is 15.9 Å². The number of rotatable bonds is 5. The van der Waals surface area contributed by atoms with Crippen LogP contribution in [0.1, 0.15) is 22.8 Å². The molecule has 130 valence electrons. The van der Waals surface area contributed by atoms with E-state index >= 15 is 0 Å². The minimum atomic E-state index is -0.844. The third-order valence-corrected chi connectivity index (χ3v) is 4.75. The third kappa shape index (κ3) is 4.07. The maximum Gasteiger partial charge on any atom is 0.269 e. The summed E-state index contributed by atoms with van der Waals surface area (Å²) in [5.41, 5.74) is 3.17. The molecule has 0 radical (unpaired) electrons. The van der Waals surface area contributed by atoms with Crippen molar-refractivity contribution in [3.05, 3.63) is 110 Å². The summed E-state index contributed by atoms with van der Waals surface area (Å²) < 4.78 is 0.818. The molecular weight excluding hydrogens is 394 g/mol. The molecule has 0 fully saturated rings. The van der Waals surface area contributed by atoms with Crippen LogP contribution in [0.4, 0.5) is 5.69 Å². The molecule has 0 heterocycles. The van der Waals surface area contributed by atoms with Crippen molar-refractivity contribution in [2.45, 2.75) is 6.10 Å². The van der Waals surface area contributed by atoms with E-state index in [0.717, 1.165) is 21.2 Å². The van der Waals surface area contributed by atoms with Crippen molar-refractivity contribution in [3.8, 4) is 0 Å². The van der Waals surface area contributed by atoms with Gasteiger partial charge in [-0.25, -0.2) is 0 Å². The smallest absolute Gasteiger partial charge is 0.269 e. The highest BCUT2D eigenvalue weighted by atomic mass is 79.9. The Morgan fingerprint density at radius 1 is 0.962 bits per heavy atom. The molecule has 0 spiro atoms. The van der Waals surface area contributed by atoms with Crippen molar-refractivity contribution < 1.29 is 10.0 Å². The van der Waals surface area contributed by atoms with Crippen molar-refractivity contribution in [1.82, 2.24) is 0 Å². The van der Waals surface area contributed by atoms with Gasteiger partial charge in [-0.1, -0.05) is 64.5 Å². The number of hydrogen-bond acceptors (Lipinski definition) is 3. The maximum absolute atomic E-state index is 11.0. The summed E-state index contributed by atoms with van der Waals surface area (Å²) in [6.07, 6.45) is 1.01.